The average molecular weight is 382 g/mol. The zero-order valence-corrected chi connectivity index (χ0v) is 16.0. The summed E-state index contributed by atoms with van der Waals surface area (Å²) in [6, 6.07) is 6.24. The zero-order chi connectivity index (χ0) is 18.8. The maximum atomic E-state index is 6.01. The first-order chi connectivity index (χ1) is 13.9. The lowest BCUT2D eigenvalue weighted by Crippen LogP contribution is -2.19. The van der Waals surface area contributed by atoms with Gasteiger partial charge in [0, 0.05) is 30.4 Å². The van der Waals surface area contributed by atoms with Crippen LogP contribution < -0.4 is 4.74 Å². The molecule has 1 aromatic carbocycles. The third-order valence-electron chi connectivity index (χ3n) is 5.43. The first-order valence-electron chi connectivity index (χ1n) is 10.3. The third-order valence-corrected chi connectivity index (χ3v) is 5.43. The summed E-state index contributed by atoms with van der Waals surface area (Å²) < 4.78 is 21.7. The molecule has 2 aliphatic rings. The van der Waals surface area contributed by atoms with E-state index in [1.807, 2.05) is 27.8 Å². The van der Waals surface area contributed by atoms with Gasteiger partial charge in [-0.1, -0.05) is 0 Å². The predicted molar refractivity (Wildman–Crippen MR) is 105 cm³/mol. The summed E-state index contributed by atoms with van der Waals surface area (Å²) in [5, 5.41) is 10.5. The van der Waals surface area contributed by atoms with Crippen LogP contribution in [0, 0.1) is 0 Å². The van der Waals surface area contributed by atoms with Crippen LogP contribution >= 0.6 is 0 Å². The Morgan fingerprint density at radius 1 is 1.00 bits per heavy atom. The lowest BCUT2D eigenvalue weighted by molar-refractivity contribution is -0.0365. The largest absolute Gasteiger partial charge is 0.494 e. The molecule has 0 saturated carbocycles. The number of aromatic nitrogens is 4. The SMILES string of the molecule is c1cc2c3cc1OCCCCOCCn1cc(cn1)-c3nn2C1CCCCO1. The van der Waals surface area contributed by atoms with Crippen molar-refractivity contribution >= 4 is 10.9 Å². The van der Waals surface area contributed by atoms with Gasteiger partial charge in [-0.2, -0.15) is 10.2 Å². The Balaban J connectivity index is 1.59. The molecule has 4 heterocycles. The molecule has 7 nitrogen and oxygen atoms in total. The standard InChI is InChI=1S/C21H26N4O3/c1-2-11-28-20(5-1)25-19-7-6-17-13-18(19)21(23-25)16-14-22-24(15-16)8-12-26-9-3-4-10-27-17/h6-7,13-15,20H,1-5,8-12H2. The normalized spacial score (nSPS) is 21.2. The third kappa shape index (κ3) is 3.52. The quantitative estimate of drug-likeness (QED) is 0.641. The Hall–Kier alpha value is -2.38. The van der Waals surface area contributed by atoms with Crippen molar-refractivity contribution in [1.82, 2.24) is 19.6 Å². The van der Waals surface area contributed by atoms with Crippen LogP contribution in [0.3, 0.4) is 0 Å². The predicted octanol–water partition coefficient (Wildman–Crippen LogP) is 3.79. The van der Waals surface area contributed by atoms with Crippen LogP contribution in [0.2, 0.25) is 0 Å². The van der Waals surface area contributed by atoms with E-state index in [1.54, 1.807) is 0 Å². The van der Waals surface area contributed by atoms with Gasteiger partial charge in [0.1, 0.15) is 11.4 Å². The molecule has 2 aromatic heterocycles. The van der Waals surface area contributed by atoms with E-state index in [4.69, 9.17) is 19.3 Å². The minimum atomic E-state index is -0.00851. The zero-order valence-electron chi connectivity index (χ0n) is 16.0. The van der Waals surface area contributed by atoms with Crippen LogP contribution in [0.25, 0.3) is 22.2 Å². The van der Waals surface area contributed by atoms with E-state index in [0.717, 1.165) is 73.4 Å². The summed E-state index contributed by atoms with van der Waals surface area (Å²) in [6.45, 7) is 3.65. The Kier molecular flexibility index (Phi) is 5.01. The summed E-state index contributed by atoms with van der Waals surface area (Å²) >= 11 is 0. The van der Waals surface area contributed by atoms with Crippen molar-refractivity contribution in [3.63, 3.8) is 0 Å². The van der Waals surface area contributed by atoms with E-state index in [-0.39, 0.29) is 6.23 Å². The lowest BCUT2D eigenvalue weighted by atomic mass is 10.1. The molecule has 1 fully saturated rings. The summed E-state index contributed by atoms with van der Waals surface area (Å²) in [6.07, 6.45) is 9.17. The molecule has 1 saturated heterocycles. The molecular formula is C21H26N4O3. The molecular weight excluding hydrogens is 356 g/mol. The maximum absolute atomic E-state index is 6.01. The van der Waals surface area contributed by atoms with E-state index in [9.17, 15) is 0 Å². The molecule has 1 atom stereocenters. The van der Waals surface area contributed by atoms with Crippen molar-refractivity contribution in [2.24, 2.45) is 0 Å². The number of rotatable bonds is 1. The second kappa shape index (κ2) is 7.93. The highest BCUT2D eigenvalue weighted by atomic mass is 16.5. The van der Waals surface area contributed by atoms with Gasteiger partial charge >= 0.3 is 0 Å². The Morgan fingerprint density at radius 3 is 2.86 bits per heavy atom. The number of ether oxygens (including phenoxy) is 3. The van der Waals surface area contributed by atoms with E-state index < -0.39 is 0 Å². The van der Waals surface area contributed by atoms with Crippen molar-refractivity contribution < 1.29 is 14.2 Å². The van der Waals surface area contributed by atoms with Crippen molar-refractivity contribution in [2.75, 3.05) is 26.4 Å². The smallest absolute Gasteiger partial charge is 0.150 e. The van der Waals surface area contributed by atoms with E-state index >= 15 is 0 Å². The summed E-state index contributed by atoms with van der Waals surface area (Å²) in [5.41, 5.74) is 3.01. The van der Waals surface area contributed by atoms with Gasteiger partial charge in [-0.15, -0.1) is 0 Å². The first kappa shape index (κ1) is 17.7. The van der Waals surface area contributed by atoms with Crippen LogP contribution in [0.15, 0.2) is 30.6 Å². The fourth-order valence-electron chi connectivity index (χ4n) is 3.92. The summed E-state index contributed by atoms with van der Waals surface area (Å²) in [5.74, 6) is 0.876. The fourth-order valence-corrected chi connectivity index (χ4v) is 3.92. The van der Waals surface area contributed by atoms with Gasteiger partial charge in [0.2, 0.25) is 0 Å². The van der Waals surface area contributed by atoms with Crippen LogP contribution in [-0.4, -0.2) is 46.0 Å². The number of nitrogens with zero attached hydrogens (tertiary/aromatic N) is 4. The highest BCUT2D eigenvalue weighted by Gasteiger charge is 2.22. The average Bonchev–Trinajstić information content (AvgIpc) is 3.34. The van der Waals surface area contributed by atoms with Gasteiger partial charge in [0.05, 0.1) is 31.5 Å². The number of benzene rings is 1. The number of fused-ring (bicyclic) bond motifs is 4. The Bertz CT molecular complexity index is 942. The molecule has 5 rings (SSSR count). The van der Waals surface area contributed by atoms with Crippen LogP contribution in [-0.2, 0) is 16.0 Å². The maximum Gasteiger partial charge on any atom is 0.150 e. The van der Waals surface area contributed by atoms with Crippen LogP contribution in [0.5, 0.6) is 5.75 Å². The van der Waals surface area contributed by atoms with E-state index in [2.05, 4.69) is 17.2 Å². The monoisotopic (exact) mass is 382 g/mol. The van der Waals surface area contributed by atoms with Gasteiger partial charge in [0.15, 0.2) is 6.23 Å². The molecule has 0 amide bonds. The van der Waals surface area contributed by atoms with E-state index in [0.29, 0.717) is 13.2 Å². The van der Waals surface area contributed by atoms with E-state index in [1.165, 1.54) is 6.42 Å². The second-order valence-corrected chi connectivity index (χ2v) is 7.45. The van der Waals surface area contributed by atoms with Gasteiger partial charge < -0.3 is 14.2 Å². The van der Waals surface area contributed by atoms with Gasteiger partial charge in [-0.05, 0) is 50.3 Å². The minimum absolute atomic E-state index is 0.00851. The molecule has 0 N–H and O–H groups in total. The molecule has 0 aliphatic carbocycles. The number of hydrogen-bond donors (Lipinski definition) is 0. The molecule has 148 valence electrons. The van der Waals surface area contributed by atoms with Crippen molar-refractivity contribution in [2.45, 2.75) is 44.9 Å². The van der Waals surface area contributed by atoms with Crippen LogP contribution in [0.4, 0.5) is 0 Å². The summed E-state index contributed by atoms with van der Waals surface area (Å²) in [4.78, 5) is 0. The summed E-state index contributed by atoms with van der Waals surface area (Å²) in [7, 11) is 0. The van der Waals surface area contributed by atoms with Crippen molar-refractivity contribution in [3.05, 3.63) is 30.6 Å². The highest BCUT2D eigenvalue weighted by Crippen LogP contribution is 2.34. The Labute approximate surface area is 164 Å². The lowest BCUT2D eigenvalue weighted by Gasteiger charge is -2.23. The van der Waals surface area contributed by atoms with Crippen molar-refractivity contribution in [3.8, 4) is 17.0 Å². The van der Waals surface area contributed by atoms with Gasteiger partial charge in [-0.25, -0.2) is 4.68 Å². The fraction of sp³-hybridized carbons (Fsp3) is 0.524. The van der Waals surface area contributed by atoms with Crippen molar-refractivity contribution in [1.29, 1.82) is 0 Å². The van der Waals surface area contributed by atoms with Gasteiger partial charge in [-0.3, -0.25) is 4.68 Å². The molecule has 2 aliphatic heterocycles. The first-order valence-corrected chi connectivity index (χ1v) is 10.3. The van der Waals surface area contributed by atoms with Gasteiger partial charge in [0.25, 0.3) is 0 Å². The molecule has 7 heteroatoms. The topological polar surface area (TPSA) is 63.3 Å². The highest BCUT2D eigenvalue weighted by molar-refractivity contribution is 5.94. The molecule has 1 unspecified atom stereocenters. The second-order valence-electron chi connectivity index (χ2n) is 7.45. The number of hydrogen-bond acceptors (Lipinski definition) is 5. The minimum Gasteiger partial charge on any atom is -0.494 e. The Morgan fingerprint density at radius 2 is 1.93 bits per heavy atom. The molecule has 4 bridgehead atoms. The molecule has 3 aromatic rings. The molecule has 28 heavy (non-hydrogen) atoms. The van der Waals surface area contributed by atoms with Crippen LogP contribution in [0.1, 0.15) is 38.3 Å². The molecule has 0 radical (unpaired) electrons. The molecule has 0 spiro atoms.